The summed E-state index contributed by atoms with van der Waals surface area (Å²) >= 11 is 0. The molecule has 0 spiro atoms. The average Bonchev–Trinajstić information content (AvgIpc) is 3.25. The molecule has 3 aromatic rings. The molecule has 0 saturated heterocycles. The van der Waals surface area contributed by atoms with E-state index in [1.807, 2.05) is 30.2 Å². The van der Waals surface area contributed by atoms with Gasteiger partial charge in [0.1, 0.15) is 0 Å². The first-order valence-electron chi connectivity index (χ1n) is 9.78. The number of benzene rings is 2. The quantitative estimate of drug-likeness (QED) is 0.468. The van der Waals surface area contributed by atoms with Crippen LogP contribution in [0.5, 0.6) is 0 Å². The van der Waals surface area contributed by atoms with E-state index in [9.17, 15) is 0 Å². The maximum Gasteiger partial charge on any atom is 0.191 e. The molecule has 3 rings (SSSR count). The van der Waals surface area contributed by atoms with Crippen LogP contribution in [-0.2, 0) is 6.54 Å². The Hall–Kier alpha value is -3.08. The molecule has 1 unspecified atom stereocenters. The lowest BCUT2D eigenvalue weighted by atomic mass is 9.91. The van der Waals surface area contributed by atoms with E-state index in [1.165, 1.54) is 11.1 Å². The zero-order valence-corrected chi connectivity index (χ0v) is 16.6. The highest BCUT2D eigenvalue weighted by molar-refractivity contribution is 5.79. The predicted molar refractivity (Wildman–Crippen MR) is 115 cm³/mol. The van der Waals surface area contributed by atoms with Crippen molar-refractivity contribution in [3.8, 4) is 0 Å². The molecule has 0 bridgehead atoms. The van der Waals surface area contributed by atoms with E-state index < -0.39 is 0 Å². The van der Waals surface area contributed by atoms with Crippen LogP contribution in [0.25, 0.3) is 0 Å². The molecule has 0 aliphatic carbocycles. The highest BCUT2D eigenvalue weighted by Gasteiger charge is 2.14. The molecule has 1 heterocycles. The van der Waals surface area contributed by atoms with Crippen LogP contribution in [0.2, 0.25) is 0 Å². The number of nitrogens with one attached hydrogen (secondary N) is 2. The Labute approximate surface area is 167 Å². The Morgan fingerprint density at radius 2 is 1.54 bits per heavy atom. The summed E-state index contributed by atoms with van der Waals surface area (Å²) in [5.41, 5.74) is 2.59. The van der Waals surface area contributed by atoms with E-state index in [2.05, 4.69) is 88.3 Å². The molecule has 2 aromatic carbocycles. The van der Waals surface area contributed by atoms with Gasteiger partial charge in [0.25, 0.3) is 0 Å². The molecule has 5 heteroatoms. The van der Waals surface area contributed by atoms with Crippen LogP contribution in [0.15, 0.2) is 84.1 Å². The fourth-order valence-electron chi connectivity index (χ4n) is 3.28. The fraction of sp³-hybridized carbons (Fsp3) is 0.304. The van der Waals surface area contributed by atoms with Crippen molar-refractivity contribution in [1.29, 1.82) is 0 Å². The number of rotatable bonds is 8. The average molecular weight is 376 g/mol. The van der Waals surface area contributed by atoms with Crippen LogP contribution in [0.1, 0.15) is 24.0 Å². The molecule has 5 nitrogen and oxygen atoms in total. The standard InChI is InChI=1S/C23H29N5/c1-19(18-28-15-9-14-27-28)16-25-23(24-2)26-17-22(20-10-5-3-6-11-20)21-12-7-4-8-13-21/h3-15,19,22H,16-18H2,1-2H3,(H2,24,25,26). The Balaban J connectivity index is 1.58. The van der Waals surface area contributed by atoms with Crippen molar-refractivity contribution in [1.82, 2.24) is 20.4 Å². The second-order valence-corrected chi connectivity index (χ2v) is 7.04. The second kappa shape index (κ2) is 10.3. The van der Waals surface area contributed by atoms with E-state index in [-0.39, 0.29) is 5.92 Å². The minimum atomic E-state index is 0.266. The lowest BCUT2D eigenvalue weighted by Gasteiger charge is -2.21. The van der Waals surface area contributed by atoms with Gasteiger partial charge in [0, 0.05) is 45.0 Å². The first-order valence-corrected chi connectivity index (χ1v) is 9.78. The fourth-order valence-corrected chi connectivity index (χ4v) is 3.28. The molecular formula is C23H29N5. The van der Waals surface area contributed by atoms with E-state index in [0.717, 1.165) is 25.6 Å². The maximum atomic E-state index is 4.39. The zero-order chi connectivity index (χ0) is 19.6. The van der Waals surface area contributed by atoms with Crippen LogP contribution in [0.3, 0.4) is 0 Å². The summed E-state index contributed by atoms with van der Waals surface area (Å²) in [6.45, 7) is 4.70. The van der Waals surface area contributed by atoms with Gasteiger partial charge >= 0.3 is 0 Å². The molecule has 1 atom stereocenters. The van der Waals surface area contributed by atoms with Crippen LogP contribution in [0, 0.1) is 5.92 Å². The summed E-state index contributed by atoms with van der Waals surface area (Å²) in [7, 11) is 1.81. The van der Waals surface area contributed by atoms with Gasteiger partial charge in [-0.15, -0.1) is 0 Å². The van der Waals surface area contributed by atoms with E-state index >= 15 is 0 Å². The summed E-state index contributed by atoms with van der Waals surface area (Å²) in [6, 6.07) is 23.2. The van der Waals surface area contributed by atoms with E-state index in [0.29, 0.717) is 5.92 Å². The monoisotopic (exact) mass is 375 g/mol. The van der Waals surface area contributed by atoms with Crippen molar-refractivity contribution in [2.45, 2.75) is 19.4 Å². The van der Waals surface area contributed by atoms with Crippen molar-refractivity contribution in [2.24, 2.45) is 10.9 Å². The largest absolute Gasteiger partial charge is 0.356 e. The van der Waals surface area contributed by atoms with E-state index in [4.69, 9.17) is 0 Å². The number of guanidine groups is 1. The lowest BCUT2D eigenvalue weighted by Crippen LogP contribution is -2.41. The topological polar surface area (TPSA) is 54.2 Å². The Bertz CT molecular complexity index is 788. The van der Waals surface area contributed by atoms with Crippen LogP contribution < -0.4 is 10.6 Å². The van der Waals surface area contributed by atoms with Crippen molar-refractivity contribution < 1.29 is 0 Å². The minimum Gasteiger partial charge on any atom is -0.356 e. The second-order valence-electron chi connectivity index (χ2n) is 7.04. The normalized spacial score (nSPS) is 12.8. The van der Waals surface area contributed by atoms with Gasteiger partial charge in [0.2, 0.25) is 0 Å². The first-order chi connectivity index (χ1) is 13.8. The number of aliphatic imine (C=N–C) groups is 1. The third-order valence-corrected chi connectivity index (χ3v) is 4.78. The van der Waals surface area contributed by atoms with Gasteiger partial charge in [-0.3, -0.25) is 9.67 Å². The number of hydrogen-bond acceptors (Lipinski definition) is 2. The molecule has 0 fully saturated rings. The summed E-state index contributed by atoms with van der Waals surface area (Å²) in [6.07, 6.45) is 3.81. The van der Waals surface area contributed by atoms with Gasteiger partial charge in [-0.2, -0.15) is 5.10 Å². The van der Waals surface area contributed by atoms with E-state index in [1.54, 1.807) is 0 Å². The molecule has 0 aliphatic heterocycles. The molecule has 28 heavy (non-hydrogen) atoms. The van der Waals surface area contributed by atoms with Crippen LogP contribution in [-0.4, -0.2) is 35.9 Å². The van der Waals surface area contributed by atoms with Gasteiger partial charge in [0.05, 0.1) is 0 Å². The van der Waals surface area contributed by atoms with Crippen LogP contribution in [0.4, 0.5) is 0 Å². The third kappa shape index (κ3) is 5.71. The minimum absolute atomic E-state index is 0.266. The smallest absolute Gasteiger partial charge is 0.191 e. The summed E-state index contributed by atoms with van der Waals surface area (Å²) in [5.74, 6) is 1.53. The molecule has 0 aliphatic rings. The number of aromatic nitrogens is 2. The Kier molecular flexibility index (Phi) is 7.24. The third-order valence-electron chi connectivity index (χ3n) is 4.78. The molecule has 0 amide bonds. The van der Waals surface area contributed by atoms with Gasteiger partial charge < -0.3 is 10.6 Å². The maximum absolute atomic E-state index is 4.39. The van der Waals surface area contributed by atoms with Crippen molar-refractivity contribution in [3.63, 3.8) is 0 Å². The van der Waals surface area contributed by atoms with Crippen molar-refractivity contribution >= 4 is 5.96 Å². The summed E-state index contributed by atoms with van der Waals surface area (Å²) in [4.78, 5) is 4.39. The predicted octanol–water partition coefficient (Wildman–Crippen LogP) is 3.52. The Morgan fingerprint density at radius 3 is 2.07 bits per heavy atom. The van der Waals surface area contributed by atoms with Crippen LogP contribution >= 0.6 is 0 Å². The molecule has 0 saturated carbocycles. The highest BCUT2D eigenvalue weighted by Crippen LogP contribution is 2.23. The number of hydrogen-bond donors (Lipinski definition) is 2. The molecule has 0 radical (unpaired) electrons. The zero-order valence-electron chi connectivity index (χ0n) is 16.6. The van der Waals surface area contributed by atoms with Crippen molar-refractivity contribution in [3.05, 3.63) is 90.3 Å². The SMILES string of the molecule is CN=C(NCC(C)Cn1cccn1)NCC(c1ccccc1)c1ccccc1. The van der Waals surface area contributed by atoms with Gasteiger partial charge in [-0.25, -0.2) is 0 Å². The van der Waals surface area contributed by atoms with Gasteiger partial charge in [0.15, 0.2) is 5.96 Å². The molecular weight excluding hydrogens is 346 g/mol. The van der Waals surface area contributed by atoms with Crippen molar-refractivity contribution in [2.75, 3.05) is 20.1 Å². The number of nitrogens with zero attached hydrogens (tertiary/aromatic N) is 3. The summed E-state index contributed by atoms with van der Waals surface area (Å²) in [5, 5.41) is 11.2. The first kappa shape index (κ1) is 19.7. The highest BCUT2D eigenvalue weighted by atomic mass is 15.3. The lowest BCUT2D eigenvalue weighted by molar-refractivity contribution is 0.443. The van der Waals surface area contributed by atoms with Gasteiger partial charge in [-0.1, -0.05) is 67.6 Å². The summed E-state index contributed by atoms with van der Waals surface area (Å²) < 4.78 is 1.96. The molecule has 1 aromatic heterocycles. The van der Waals surface area contributed by atoms with Gasteiger partial charge in [-0.05, 0) is 23.1 Å². The Morgan fingerprint density at radius 1 is 0.929 bits per heavy atom. The molecule has 146 valence electrons. The molecule has 2 N–H and O–H groups in total.